The number of nitrogens with zero attached hydrogens (tertiary/aromatic N) is 1. The maximum atomic E-state index is 11.0. The summed E-state index contributed by atoms with van der Waals surface area (Å²) in [7, 11) is -1.04. The lowest BCUT2D eigenvalue weighted by Crippen LogP contribution is -2.31. The third-order valence-corrected chi connectivity index (χ3v) is 2.64. The third-order valence-electron chi connectivity index (χ3n) is 1.22. The number of hydrogen-bond acceptors (Lipinski definition) is 4. The van der Waals surface area contributed by atoms with Gasteiger partial charge in [0.1, 0.15) is 6.54 Å². The summed E-state index contributed by atoms with van der Waals surface area (Å²) in [6.07, 6.45) is 0. The average Bonchev–Trinajstić information content (AvgIpc) is 2.04. The molecule has 0 radical (unpaired) electrons. The number of hydrogen-bond donors (Lipinski definition) is 0. The first-order valence-electron chi connectivity index (χ1n) is 3.09. The lowest BCUT2D eigenvalue weighted by molar-refractivity contribution is -0.140. The van der Waals surface area contributed by atoms with Gasteiger partial charge in [0.2, 0.25) is 10.0 Å². The van der Waals surface area contributed by atoms with Crippen LogP contribution >= 0.6 is 0 Å². The molecule has 0 unspecified atom stereocenters. The van der Waals surface area contributed by atoms with Crippen molar-refractivity contribution in [2.75, 3.05) is 20.7 Å². The van der Waals surface area contributed by atoms with E-state index in [1.54, 1.807) is 0 Å². The van der Waals surface area contributed by atoms with E-state index in [1.807, 2.05) is 0 Å². The van der Waals surface area contributed by atoms with Crippen LogP contribution in [0.2, 0.25) is 0 Å². The van der Waals surface area contributed by atoms with Gasteiger partial charge >= 0.3 is 5.97 Å². The highest BCUT2D eigenvalue weighted by molar-refractivity contribution is 7.92. The minimum Gasteiger partial charge on any atom is -0.468 e. The van der Waals surface area contributed by atoms with Gasteiger partial charge in [-0.05, 0) is 0 Å². The minimum absolute atomic E-state index is 0.301. The lowest BCUT2D eigenvalue weighted by Gasteiger charge is -2.11. The van der Waals surface area contributed by atoms with Crippen LogP contribution in [-0.2, 0) is 19.6 Å². The molecule has 0 fully saturated rings. The molecule has 0 saturated heterocycles. The Morgan fingerprint density at radius 3 is 2.50 bits per heavy atom. The molecule has 70 valence electrons. The first kappa shape index (κ1) is 11.1. The highest BCUT2D eigenvalue weighted by atomic mass is 32.2. The van der Waals surface area contributed by atoms with Crippen LogP contribution in [0.25, 0.3) is 0 Å². The van der Waals surface area contributed by atoms with Gasteiger partial charge in [0, 0.05) is 12.5 Å². The summed E-state index contributed by atoms with van der Waals surface area (Å²) >= 11 is 0. The van der Waals surface area contributed by atoms with Gasteiger partial charge in [-0.2, -0.15) is 4.31 Å². The fraction of sp³-hybridized carbons (Fsp3) is 0.500. The van der Waals surface area contributed by atoms with Gasteiger partial charge in [-0.3, -0.25) is 4.79 Å². The highest BCUT2D eigenvalue weighted by Crippen LogP contribution is 1.97. The summed E-state index contributed by atoms with van der Waals surface area (Å²) in [6, 6.07) is 0. The molecule has 0 amide bonds. The Hall–Kier alpha value is -0.880. The van der Waals surface area contributed by atoms with Crippen LogP contribution in [0.1, 0.15) is 0 Å². The van der Waals surface area contributed by atoms with Gasteiger partial charge in [0.25, 0.3) is 0 Å². The summed E-state index contributed by atoms with van der Waals surface area (Å²) in [6.45, 7) is 2.80. The molecule has 0 aromatic rings. The summed E-state index contributed by atoms with van der Waals surface area (Å²) in [4.78, 5) is 10.6. The minimum atomic E-state index is -3.51. The van der Waals surface area contributed by atoms with Crippen LogP contribution in [0.3, 0.4) is 0 Å². The smallest absolute Gasteiger partial charge is 0.321 e. The molecule has 0 aliphatic heterocycles. The number of methoxy groups -OCH3 is 1. The topological polar surface area (TPSA) is 63.7 Å². The molecule has 0 aromatic carbocycles. The van der Waals surface area contributed by atoms with Crippen molar-refractivity contribution >= 4 is 16.0 Å². The Bertz CT molecular complexity index is 269. The average molecular weight is 193 g/mol. The van der Waals surface area contributed by atoms with Crippen LogP contribution in [0.5, 0.6) is 0 Å². The molecule has 0 saturated carbocycles. The van der Waals surface area contributed by atoms with Crippen molar-refractivity contribution in [2.24, 2.45) is 0 Å². The molecule has 0 aliphatic rings. The number of likely N-dealkylation sites (N-methyl/N-ethyl adjacent to an activating group) is 1. The summed E-state index contributed by atoms with van der Waals surface area (Å²) in [5.74, 6) is -0.608. The predicted molar refractivity (Wildman–Crippen MR) is 43.8 cm³/mol. The molecular weight excluding hydrogens is 182 g/mol. The van der Waals surface area contributed by atoms with E-state index in [0.29, 0.717) is 0 Å². The molecule has 0 heterocycles. The predicted octanol–water partition coefficient (Wildman–Crippen LogP) is -0.435. The fourth-order valence-electron chi connectivity index (χ4n) is 0.464. The van der Waals surface area contributed by atoms with Gasteiger partial charge in [0.15, 0.2) is 0 Å². The largest absolute Gasteiger partial charge is 0.468 e. The van der Waals surface area contributed by atoms with Gasteiger partial charge in [-0.1, -0.05) is 6.58 Å². The monoisotopic (exact) mass is 193 g/mol. The van der Waals surface area contributed by atoms with Gasteiger partial charge in [-0.15, -0.1) is 0 Å². The number of rotatable bonds is 4. The van der Waals surface area contributed by atoms with Crippen molar-refractivity contribution in [3.8, 4) is 0 Å². The van der Waals surface area contributed by atoms with Crippen LogP contribution in [0.4, 0.5) is 0 Å². The zero-order valence-electron chi connectivity index (χ0n) is 6.98. The van der Waals surface area contributed by atoms with E-state index in [-0.39, 0.29) is 6.54 Å². The number of carbonyl (C=O) groups is 1. The standard InChI is InChI=1S/C6H11NO4S/c1-4-12(9,10)7(2)5-6(8)11-3/h4H,1,5H2,2-3H3. The Morgan fingerprint density at radius 1 is 1.67 bits per heavy atom. The molecule has 0 N–H and O–H groups in total. The van der Waals surface area contributed by atoms with E-state index in [4.69, 9.17) is 0 Å². The van der Waals surface area contributed by atoms with Crippen LogP contribution in [0.15, 0.2) is 12.0 Å². The van der Waals surface area contributed by atoms with Crippen molar-refractivity contribution in [3.63, 3.8) is 0 Å². The highest BCUT2D eigenvalue weighted by Gasteiger charge is 2.16. The number of carbonyl (C=O) groups excluding carboxylic acids is 1. The van der Waals surface area contributed by atoms with Gasteiger partial charge in [0.05, 0.1) is 7.11 Å². The van der Waals surface area contributed by atoms with Crippen LogP contribution < -0.4 is 0 Å². The van der Waals surface area contributed by atoms with Crippen molar-refractivity contribution in [3.05, 3.63) is 12.0 Å². The molecule has 5 nitrogen and oxygen atoms in total. The van der Waals surface area contributed by atoms with Crippen LogP contribution in [-0.4, -0.2) is 39.4 Å². The van der Waals surface area contributed by atoms with Gasteiger partial charge < -0.3 is 4.74 Å². The van der Waals surface area contributed by atoms with E-state index in [9.17, 15) is 13.2 Å². The van der Waals surface area contributed by atoms with E-state index in [2.05, 4.69) is 11.3 Å². The third kappa shape index (κ3) is 3.02. The zero-order chi connectivity index (χ0) is 9.78. The van der Waals surface area contributed by atoms with E-state index < -0.39 is 16.0 Å². The molecule has 0 aliphatic carbocycles. The van der Waals surface area contributed by atoms with Gasteiger partial charge in [-0.25, -0.2) is 8.42 Å². The molecule has 12 heavy (non-hydrogen) atoms. The molecule has 6 heteroatoms. The normalized spacial score (nSPS) is 11.2. The SMILES string of the molecule is C=CS(=O)(=O)N(C)CC(=O)OC. The van der Waals surface area contributed by atoms with E-state index in [0.717, 1.165) is 9.71 Å². The van der Waals surface area contributed by atoms with E-state index in [1.165, 1.54) is 14.2 Å². The first-order chi connectivity index (χ1) is 5.44. The maximum absolute atomic E-state index is 11.0. The zero-order valence-corrected chi connectivity index (χ0v) is 7.80. The Morgan fingerprint density at radius 2 is 2.17 bits per heavy atom. The molecule has 0 bridgehead atoms. The summed E-state index contributed by atoms with van der Waals surface area (Å²) in [5, 5.41) is 0.774. The van der Waals surface area contributed by atoms with E-state index >= 15 is 0 Å². The summed E-state index contributed by atoms with van der Waals surface area (Å²) < 4.78 is 27.0. The second-order valence-corrected chi connectivity index (χ2v) is 4.03. The van der Waals surface area contributed by atoms with Crippen molar-refractivity contribution in [2.45, 2.75) is 0 Å². The first-order valence-corrected chi connectivity index (χ1v) is 4.60. The molecular formula is C6H11NO4S. The number of ether oxygens (including phenoxy) is 1. The molecule has 0 rings (SSSR count). The van der Waals surface area contributed by atoms with Crippen LogP contribution in [0, 0.1) is 0 Å². The quantitative estimate of drug-likeness (QED) is 0.568. The molecule has 0 spiro atoms. The van der Waals surface area contributed by atoms with Crippen molar-refractivity contribution in [1.29, 1.82) is 0 Å². The molecule has 0 aromatic heterocycles. The molecule has 0 atom stereocenters. The Kier molecular flexibility index (Phi) is 3.91. The Balaban J connectivity index is 4.33. The van der Waals surface area contributed by atoms with Crippen molar-refractivity contribution in [1.82, 2.24) is 4.31 Å². The summed E-state index contributed by atoms with van der Waals surface area (Å²) in [5.41, 5.74) is 0. The number of esters is 1. The van der Waals surface area contributed by atoms with Crippen molar-refractivity contribution < 1.29 is 17.9 Å². The second kappa shape index (κ2) is 4.22. The lowest BCUT2D eigenvalue weighted by atomic mass is 10.7. The maximum Gasteiger partial charge on any atom is 0.321 e. The fourth-order valence-corrected chi connectivity index (χ4v) is 1.00. The number of sulfonamides is 1. The Labute approximate surface area is 71.7 Å². The second-order valence-electron chi connectivity index (χ2n) is 2.04.